The zero-order valence-corrected chi connectivity index (χ0v) is 14.2. The van der Waals surface area contributed by atoms with Crippen molar-refractivity contribution in [2.24, 2.45) is 11.8 Å². The maximum atomic E-state index is 4.79. The van der Waals surface area contributed by atoms with E-state index in [2.05, 4.69) is 28.6 Å². The smallest absolute Gasteiger partial charge is 0.135 e. The second-order valence-electron chi connectivity index (χ2n) is 7.70. The minimum absolute atomic E-state index is 0.731. The van der Waals surface area contributed by atoms with Gasteiger partial charge in [0.2, 0.25) is 0 Å². The zero-order valence-electron chi connectivity index (χ0n) is 14.2. The first-order valence-electron chi connectivity index (χ1n) is 8.91. The molecule has 0 N–H and O–H groups in total. The molecule has 0 radical (unpaired) electrons. The van der Waals surface area contributed by atoms with Crippen molar-refractivity contribution in [3.63, 3.8) is 0 Å². The van der Waals surface area contributed by atoms with Crippen LogP contribution in [-0.2, 0) is 0 Å². The van der Waals surface area contributed by atoms with Crippen LogP contribution in [0, 0.1) is 32.6 Å². The molecule has 1 aliphatic carbocycles. The summed E-state index contributed by atoms with van der Waals surface area (Å²) in [4.78, 5) is 14.7. The molecule has 3 aliphatic heterocycles. The summed E-state index contributed by atoms with van der Waals surface area (Å²) in [6.07, 6.45) is 5.68. The molecule has 3 saturated heterocycles. The first kappa shape index (κ1) is 14.4. The van der Waals surface area contributed by atoms with E-state index in [4.69, 9.17) is 4.98 Å². The predicted octanol–water partition coefficient (Wildman–Crippen LogP) is 2.71. The van der Waals surface area contributed by atoms with E-state index in [1.807, 2.05) is 6.92 Å². The first-order valence-corrected chi connectivity index (χ1v) is 8.91. The normalized spacial score (nSPS) is 29.0. The molecule has 2 atom stereocenters. The number of anilines is 1. The highest BCUT2D eigenvalue weighted by Gasteiger charge is 2.38. The van der Waals surface area contributed by atoms with Crippen molar-refractivity contribution in [2.75, 3.05) is 31.1 Å². The number of piperidine rings is 1. The Morgan fingerprint density at radius 2 is 1.77 bits per heavy atom. The predicted molar refractivity (Wildman–Crippen MR) is 89.3 cm³/mol. The van der Waals surface area contributed by atoms with Crippen LogP contribution in [0.1, 0.15) is 42.8 Å². The van der Waals surface area contributed by atoms with Crippen molar-refractivity contribution in [2.45, 2.75) is 52.5 Å². The number of rotatable bonds is 3. The fourth-order valence-electron chi connectivity index (χ4n) is 4.27. The van der Waals surface area contributed by atoms with Gasteiger partial charge in [0.25, 0.3) is 0 Å². The van der Waals surface area contributed by atoms with E-state index < -0.39 is 0 Å². The molecule has 1 aromatic heterocycles. The minimum atomic E-state index is 0.731. The molecule has 4 fully saturated rings. The van der Waals surface area contributed by atoms with Crippen molar-refractivity contribution in [1.29, 1.82) is 0 Å². The number of hydrogen-bond donors (Lipinski definition) is 0. The van der Waals surface area contributed by atoms with Gasteiger partial charge in [0, 0.05) is 43.5 Å². The molecule has 4 heterocycles. The molecule has 5 rings (SSSR count). The second-order valence-corrected chi connectivity index (χ2v) is 7.70. The van der Waals surface area contributed by atoms with E-state index in [0.29, 0.717) is 0 Å². The van der Waals surface area contributed by atoms with E-state index in [1.54, 1.807) is 0 Å². The molecular formula is C18H28N4. The van der Waals surface area contributed by atoms with Crippen molar-refractivity contribution < 1.29 is 0 Å². The Labute approximate surface area is 133 Å². The zero-order chi connectivity index (χ0) is 15.3. The molecule has 0 spiro atoms. The third-order valence-corrected chi connectivity index (χ3v) is 5.79. The largest absolute Gasteiger partial charge is 0.354 e. The van der Waals surface area contributed by atoms with Gasteiger partial charge in [0.15, 0.2) is 0 Å². The van der Waals surface area contributed by atoms with Gasteiger partial charge < -0.3 is 4.90 Å². The highest BCUT2D eigenvalue weighted by molar-refractivity contribution is 5.49. The molecule has 0 aromatic carbocycles. The molecule has 0 unspecified atom stereocenters. The molecule has 1 saturated carbocycles. The van der Waals surface area contributed by atoms with Gasteiger partial charge in [-0.25, -0.2) is 9.97 Å². The lowest BCUT2D eigenvalue weighted by Gasteiger charge is -2.36. The number of aryl methyl sites for hydroxylation is 2. The average Bonchev–Trinajstić information content (AvgIpc) is 3.30. The Morgan fingerprint density at radius 1 is 0.955 bits per heavy atom. The highest BCUT2D eigenvalue weighted by Crippen LogP contribution is 2.36. The van der Waals surface area contributed by atoms with Crippen molar-refractivity contribution >= 4 is 5.82 Å². The fourth-order valence-corrected chi connectivity index (χ4v) is 4.27. The topological polar surface area (TPSA) is 32.3 Å². The van der Waals surface area contributed by atoms with Crippen LogP contribution in [0.3, 0.4) is 0 Å². The van der Waals surface area contributed by atoms with Gasteiger partial charge in [0.1, 0.15) is 11.6 Å². The van der Waals surface area contributed by atoms with Crippen LogP contribution < -0.4 is 4.90 Å². The maximum absolute atomic E-state index is 4.79. The lowest BCUT2D eigenvalue weighted by molar-refractivity contribution is 0.128. The van der Waals surface area contributed by atoms with Crippen LogP contribution in [0.4, 0.5) is 5.82 Å². The van der Waals surface area contributed by atoms with E-state index in [-0.39, 0.29) is 0 Å². The molecule has 4 heteroatoms. The van der Waals surface area contributed by atoms with Gasteiger partial charge in [-0.2, -0.15) is 0 Å². The van der Waals surface area contributed by atoms with Gasteiger partial charge in [0.05, 0.1) is 0 Å². The summed E-state index contributed by atoms with van der Waals surface area (Å²) in [5.74, 6) is 3.91. The van der Waals surface area contributed by atoms with Crippen LogP contribution in [-0.4, -0.2) is 47.1 Å². The Hall–Kier alpha value is -1.16. The summed E-state index contributed by atoms with van der Waals surface area (Å²) in [5.41, 5.74) is 2.40. The van der Waals surface area contributed by atoms with Crippen LogP contribution >= 0.6 is 0 Å². The molecule has 22 heavy (non-hydrogen) atoms. The van der Waals surface area contributed by atoms with Gasteiger partial charge in [-0.3, -0.25) is 4.90 Å². The summed E-state index contributed by atoms with van der Waals surface area (Å²) in [7, 11) is 0. The van der Waals surface area contributed by atoms with Crippen LogP contribution in [0.25, 0.3) is 0 Å². The highest BCUT2D eigenvalue weighted by atomic mass is 15.3. The Morgan fingerprint density at radius 3 is 2.55 bits per heavy atom. The summed E-state index contributed by atoms with van der Waals surface area (Å²) in [6, 6.07) is 0.731. The van der Waals surface area contributed by atoms with E-state index in [1.165, 1.54) is 56.7 Å². The van der Waals surface area contributed by atoms with Crippen molar-refractivity contribution in [3.8, 4) is 0 Å². The number of aromatic nitrogens is 2. The lowest BCUT2D eigenvalue weighted by atomic mass is 9.95. The van der Waals surface area contributed by atoms with Gasteiger partial charge >= 0.3 is 0 Å². The molecule has 120 valence electrons. The van der Waals surface area contributed by atoms with E-state index in [0.717, 1.165) is 35.9 Å². The average molecular weight is 300 g/mol. The number of hydrogen-bond acceptors (Lipinski definition) is 4. The monoisotopic (exact) mass is 300 g/mol. The third kappa shape index (κ3) is 2.73. The van der Waals surface area contributed by atoms with Crippen molar-refractivity contribution in [3.05, 3.63) is 17.1 Å². The third-order valence-electron chi connectivity index (χ3n) is 5.79. The first-order chi connectivity index (χ1) is 10.6. The van der Waals surface area contributed by atoms with Gasteiger partial charge in [-0.1, -0.05) is 0 Å². The standard InChI is InChI=1S/C18H28N4/c1-12-13(2)19-14(3)20-18(12)22-10-16-6-7-17(11-22)21(9-16)8-15-4-5-15/h15-17H,4-11H2,1-3H3/t16-,17-/m1/s1. The summed E-state index contributed by atoms with van der Waals surface area (Å²) in [5, 5.41) is 0. The second kappa shape index (κ2) is 5.48. The molecular weight excluding hydrogens is 272 g/mol. The summed E-state index contributed by atoms with van der Waals surface area (Å²) in [6.45, 7) is 11.3. The van der Waals surface area contributed by atoms with E-state index >= 15 is 0 Å². The van der Waals surface area contributed by atoms with Crippen LogP contribution in [0.5, 0.6) is 0 Å². The SMILES string of the molecule is Cc1nc(C)c(C)c(N2C[C@@H]3CC[C@H](C2)N(CC2CC2)C3)n1. The van der Waals surface area contributed by atoms with Crippen LogP contribution in [0.15, 0.2) is 0 Å². The summed E-state index contributed by atoms with van der Waals surface area (Å²) >= 11 is 0. The molecule has 1 aromatic rings. The quantitative estimate of drug-likeness (QED) is 0.859. The number of nitrogens with zero attached hydrogens (tertiary/aromatic N) is 4. The molecule has 4 aliphatic rings. The lowest BCUT2D eigenvalue weighted by Crippen LogP contribution is -2.44. The Balaban J connectivity index is 1.59. The van der Waals surface area contributed by atoms with Crippen LogP contribution in [0.2, 0.25) is 0 Å². The maximum Gasteiger partial charge on any atom is 0.135 e. The molecule has 4 nitrogen and oxygen atoms in total. The fraction of sp³-hybridized carbons (Fsp3) is 0.778. The molecule has 0 amide bonds. The minimum Gasteiger partial charge on any atom is -0.354 e. The van der Waals surface area contributed by atoms with Gasteiger partial charge in [-0.15, -0.1) is 0 Å². The summed E-state index contributed by atoms with van der Waals surface area (Å²) < 4.78 is 0. The van der Waals surface area contributed by atoms with E-state index in [9.17, 15) is 0 Å². The Bertz CT molecular complexity index is 566. The number of fused-ring (bicyclic) bond motifs is 4. The Kier molecular flexibility index (Phi) is 3.60. The molecule has 2 bridgehead atoms. The van der Waals surface area contributed by atoms with Gasteiger partial charge in [-0.05, 0) is 58.3 Å². The van der Waals surface area contributed by atoms with Crippen molar-refractivity contribution in [1.82, 2.24) is 14.9 Å².